The minimum absolute atomic E-state index is 0.156. The topological polar surface area (TPSA) is 61.3 Å². The van der Waals surface area contributed by atoms with Crippen LogP contribution < -0.4 is 5.32 Å². The van der Waals surface area contributed by atoms with Crippen LogP contribution in [0.2, 0.25) is 0 Å². The highest BCUT2D eigenvalue weighted by atomic mass is 32.1. The predicted molar refractivity (Wildman–Crippen MR) is 89.2 cm³/mol. The van der Waals surface area contributed by atoms with Crippen molar-refractivity contribution in [2.24, 2.45) is 0 Å². The van der Waals surface area contributed by atoms with Crippen molar-refractivity contribution in [2.75, 3.05) is 18.4 Å². The van der Waals surface area contributed by atoms with Crippen LogP contribution in [0.5, 0.6) is 0 Å². The first-order chi connectivity index (χ1) is 11.9. The van der Waals surface area contributed by atoms with E-state index in [-0.39, 0.29) is 11.2 Å². The molecule has 0 unspecified atom stereocenters. The Hall–Kier alpha value is -1.71. The molecule has 25 heavy (non-hydrogen) atoms. The fraction of sp³-hybridized carbons (Fsp3) is 0.500. The molecule has 0 saturated carbocycles. The highest BCUT2D eigenvalue weighted by Crippen LogP contribution is 2.33. The first kappa shape index (κ1) is 18.1. The average Bonchev–Trinajstić information content (AvgIpc) is 3.05. The Morgan fingerprint density at radius 1 is 1.16 bits per heavy atom. The van der Waals surface area contributed by atoms with E-state index in [0.29, 0.717) is 17.9 Å². The van der Waals surface area contributed by atoms with Crippen LogP contribution in [0.3, 0.4) is 0 Å². The molecule has 0 aliphatic carbocycles. The maximum Gasteiger partial charge on any atom is 0.445 e. The van der Waals surface area contributed by atoms with Crippen LogP contribution in [0.25, 0.3) is 0 Å². The summed E-state index contributed by atoms with van der Waals surface area (Å²) in [4.78, 5) is 2.28. The van der Waals surface area contributed by atoms with E-state index in [4.69, 9.17) is 0 Å². The highest BCUT2D eigenvalue weighted by Gasteiger charge is 2.35. The summed E-state index contributed by atoms with van der Waals surface area (Å²) in [6.07, 6.45) is -3.14. The van der Waals surface area contributed by atoms with E-state index in [1.165, 1.54) is 0 Å². The number of anilines is 1. The molecular weight excluding hydrogens is 353 g/mol. The molecule has 0 atom stereocenters. The van der Waals surface area contributed by atoms with Gasteiger partial charge in [0.05, 0.1) is 6.10 Å². The van der Waals surface area contributed by atoms with Gasteiger partial charge in [0.15, 0.2) is 0 Å². The van der Waals surface area contributed by atoms with E-state index in [1.807, 2.05) is 24.3 Å². The predicted octanol–water partition coefficient (Wildman–Crippen LogP) is 3.13. The minimum atomic E-state index is -4.46. The number of benzene rings is 1. The van der Waals surface area contributed by atoms with Gasteiger partial charge in [0.25, 0.3) is 0 Å². The second-order valence-electron chi connectivity index (χ2n) is 6.04. The number of hydrogen-bond donors (Lipinski definition) is 2. The minimum Gasteiger partial charge on any atom is -0.393 e. The van der Waals surface area contributed by atoms with Gasteiger partial charge in [0.1, 0.15) is 0 Å². The van der Waals surface area contributed by atoms with Gasteiger partial charge >= 0.3 is 6.18 Å². The van der Waals surface area contributed by atoms with Crippen molar-refractivity contribution in [2.45, 2.75) is 38.2 Å². The molecule has 1 aromatic carbocycles. The molecule has 0 amide bonds. The number of aromatic nitrogens is 2. The van der Waals surface area contributed by atoms with Gasteiger partial charge in [-0.1, -0.05) is 35.6 Å². The van der Waals surface area contributed by atoms with Gasteiger partial charge in [0, 0.05) is 26.2 Å². The Bertz CT molecular complexity index is 699. The van der Waals surface area contributed by atoms with Gasteiger partial charge in [-0.25, -0.2) is 0 Å². The Balaban J connectivity index is 1.62. The highest BCUT2D eigenvalue weighted by molar-refractivity contribution is 7.15. The molecular formula is C16H19F3N4OS. The smallest absolute Gasteiger partial charge is 0.393 e. The first-order valence-corrected chi connectivity index (χ1v) is 8.85. The number of alkyl halides is 3. The van der Waals surface area contributed by atoms with Crippen LogP contribution in [0.1, 0.15) is 29.0 Å². The van der Waals surface area contributed by atoms with Gasteiger partial charge < -0.3 is 10.4 Å². The lowest BCUT2D eigenvalue weighted by atomic mass is 10.0. The van der Waals surface area contributed by atoms with Gasteiger partial charge in [0.2, 0.25) is 10.1 Å². The SMILES string of the molecule is OC1CCN(Cc2ccccc2CNc2nnc(C(F)(F)F)s2)CC1. The standard InChI is InChI=1S/C16H19F3N4OS/c17-16(18,19)14-21-22-15(25-14)20-9-11-3-1-2-4-12(11)10-23-7-5-13(24)6-8-23/h1-4,13,24H,5-10H2,(H,20,22). The van der Waals surface area contributed by atoms with E-state index in [9.17, 15) is 18.3 Å². The molecule has 1 aliphatic heterocycles. The quantitative estimate of drug-likeness (QED) is 0.844. The zero-order chi connectivity index (χ0) is 17.9. The number of nitrogens with one attached hydrogen (secondary N) is 1. The third-order valence-electron chi connectivity index (χ3n) is 4.17. The molecule has 2 aromatic rings. The Morgan fingerprint density at radius 3 is 2.48 bits per heavy atom. The van der Waals surface area contributed by atoms with Crippen molar-refractivity contribution in [1.29, 1.82) is 0 Å². The number of likely N-dealkylation sites (tertiary alicyclic amines) is 1. The van der Waals surface area contributed by atoms with Crippen LogP contribution in [-0.2, 0) is 19.3 Å². The fourth-order valence-corrected chi connectivity index (χ4v) is 3.39. The van der Waals surface area contributed by atoms with Crippen LogP contribution in [0.15, 0.2) is 24.3 Å². The number of aliphatic hydroxyl groups is 1. The second-order valence-corrected chi connectivity index (χ2v) is 7.02. The van der Waals surface area contributed by atoms with Crippen molar-refractivity contribution >= 4 is 16.5 Å². The van der Waals surface area contributed by atoms with E-state index in [0.717, 1.165) is 43.6 Å². The van der Waals surface area contributed by atoms with E-state index >= 15 is 0 Å². The van der Waals surface area contributed by atoms with Crippen molar-refractivity contribution < 1.29 is 18.3 Å². The largest absolute Gasteiger partial charge is 0.445 e. The van der Waals surface area contributed by atoms with Crippen molar-refractivity contribution in [1.82, 2.24) is 15.1 Å². The summed E-state index contributed by atoms with van der Waals surface area (Å²) in [6.45, 7) is 2.83. The molecule has 9 heteroatoms. The van der Waals surface area contributed by atoms with Gasteiger partial charge in [-0.15, -0.1) is 10.2 Å². The lowest BCUT2D eigenvalue weighted by Gasteiger charge is -2.30. The molecule has 1 aliphatic rings. The average molecular weight is 372 g/mol. The van der Waals surface area contributed by atoms with Gasteiger partial charge in [-0.3, -0.25) is 4.90 Å². The molecule has 5 nitrogen and oxygen atoms in total. The van der Waals surface area contributed by atoms with Crippen LogP contribution in [0, 0.1) is 0 Å². The molecule has 2 heterocycles. The molecule has 3 rings (SSSR count). The normalized spacial score (nSPS) is 17.0. The third kappa shape index (κ3) is 4.90. The Labute approximate surface area is 147 Å². The molecule has 0 radical (unpaired) electrons. The number of piperidine rings is 1. The summed E-state index contributed by atoms with van der Waals surface area (Å²) in [5, 5.41) is 18.4. The molecule has 1 aromatic heterocycles. The summed E-state index contributed by atoms with van der Waals surface area (Å²) in [5.41, 5.74) is 2.13. The number of aliphatic hydroxyl groups excluding tert-OH is 1. The third-order valence-corrected chi connectivity index (χ3v) is 5.09. The lowest BCUT2D eigenvalue weighted by Crippen LogP contribution is -2.35. The molecule has 0 bridgehead atoms. The van der Waals surface area contributed by atoms with E-state index < -0.39 is 11.2 Å². The molecule has 136 valence electrons. The zero-order valence-corrected chi connectivity index (χ0v) is 14.3. The van der Waals surface area contributed by atoms with Crippen LogP contribution >= 0.6 is 11.3 Å². The summed E-state index contributed by atoms with van der Waals surface area (Å²) in [6, 6.07) is 7.82. The summed E-state index contributed by atoms with van der Waals surface area (Å²) < 4.78 is 37.7. The maximum atomic E-state index is 12.6. The summed E-state index contributed by atoms with van der Waals surface area (Å²) in [7, 11) is 0. The summed E-state index contributed by atoms with van der Waals surface area (Å²) >= 11 is 0.504. The molecule has 2 N–H and O–H groups in total. The van der Waals surface area contributed by atoms with E-state index in [2.05, 4.69) is 20.4 Å². The van der Waals surface area contributed by atoms with Gasteiger partial charge in [-0.2, -0.15) is 13.2 Å². The Kier molecular flexibility index (Phi) is 5.55. The van der Waals surface area contributed by atoms with Crippen LogP contribution in [-0.4, -0.2) is 39.4 Å². The molecule has 1 fully saturated rings. The molecule has 0 spiro atoms. The Morgan fingerprint density at radius 2 is 1.84 bits per heavy atom. The van der Waals surface area contributed by atoms with Crippen molar-refractivity contribution in [3.05, 3.63) is 40.4 Å². The van der Waals surface area contributed by atoms with Crippen LogP contribution in [0.4, 0.5) is 18.3 Å². The van der Waals surface area contributed by atoms with Gasteiger partial charge in [-0.05, 0) is 24.0 Å². The fourth-order valence-electron chi connectivity index (χ4n) is 2.78. The van der Waals surface area contributed by atoms with Crippen molar-refractivity contribution in [3.8, 4) is 0 Å². The maximum absolute atomic E-state index is 12.6. The second kappa shape index (κ2) is 7.67. The van der Waals surface area contributed by atoms with Crippen molar-refractivity contribution in [3.63, 3.8) is 0 Å². The number of nitrogens with zero attached hydrogens (tertiary/aromatic N) is 3. The molecule has 1 saturated heterocycles. The monoisotopic (exact) mass is 372 g/mol. The number of rotatable bonds is 5. The zero-order valence-electron chi connectivity index (χ0n) is 13.5. The van der Waals surface area contributed by atoms with E-state index in [1.54, 1.807) is 0 Å². The lowest BCUT2D eigenvalue weighted by molar-refractivity contribution is -0.138. The first-order valence-electron chi connectivity index (χ1n) is 8.03. The number of hydrogen-bond acceptors (Lipinski definition) is 6. The number of halogens is 3. The summed E-state index contributed by atoms with van der Waals surface area (Å²) in [5.74, 6) is 0.